The molecule has 3 rings (SSSR count). The second kappa shape index (κ2) is 13.2. The van der Waals surface area contributed by atoms with Crippen molar-refractivity contribution in [1.29, 1.82) is 0 Å². The molecule has 1 fully saturated rings. The molecule has 37 heavy (non-hydrogen) atoms. The van der Waals surface area contributed by atoms with Gasteiger partial charge in [0.2, 0.25) is 17.7 Å². The molecule has 0 aliphatic carbocycles. The number of hydrogen-bond acceptors (Lipinski definition) is 4. The van der Waals surface area contributed by atoms with Crippen LogP contribution in [0.4, 0.5) is 5.69 Å². The van der Waals surface area contributed by atoms with E-state index >= 15 is 0 Å². The van der Waals surface area contributed by atoms with Gasteiger partial charge in [-0.1, -0.05) is 69.7 Å². The molecule has 7 nitrogen and oxygen atoms in total. The quantitative estimate of drug-likeness (QED) is 0.439. The molecule has 1 heterocycles. The van der Waals surface area contributed by atoms with Crippen LogP contribution < -0.4 is 16.0 Å². The summed E-state index contributed by atoms with van der Waals surface area (Å²) in [6, 6.07) is 15.4. The fourth-order valence-corrected chi connectivity index (χ4v) is 5.10. The largest absolute Gasteiger partial charge is 0.369 e. The Kier molecular flexibility index (Phi) is 10.0. The number of nitrogens with one attached hydrogen (secondary N) is 1. The molecule has 0 bridgehead atoms. The Labute approximate surface area is 219 Å². The predicted molar refractivity (Wildman–Crippen MR) is 145 cm³/mol. The Morgan fingerprint density at radius 1 is 1.00 bits per heavy atom. The fourth-order valence-electron chi connectivity index (χ4n) is 5.10. The smallest absolute Gasteiger partial charge is 0.249 e. The van der Waals surface area contributed by atoms with Crippen LogP contribution in [0.5, 0.6) is 0 Å². The summed E-state index contributed by atoms with van der Waals surface area (Å²) < 4.78 is 0. The molecule has 2 aromatic carbocycles. The van der Waals surface area contributed by atoms with Crippen molar-refractivity contribution in [3.05, 3.63) is 65.7 Å². The topological polar surface area (TPSA) is 110 Å². The molecule has 1 aliphatic rings. The van der Waals surface area contributed by atoms with Crippen molar-refractivity contribution in [2.45, 2.75) is 65.3 Å². The highest BCUT2D eigenvalue weighted by molar-refractivity contribution is 6.10. The van der Waals surface area contributed by atoms with Gasteiger partial charge in [0, 0.05) is 35.2 Å². The zero-order valence-corrected chi connectivity index (χ0v) is 22.1. The second-order valence-corrected chi connectivity index (χ2v) is 10.3. The predicted octanol–water partition coefficient (Wildman–Crippen LogP) is 4.48. The van der Waals surface area contributed by atoms with E-state index in [0.717, 1.165) is 19.3 Å². The molecule has 7 heteroatoms. The van der Waals surface area contributed by atoms with E-state index in [1.165, 1.54) is 0 Å². The maximum atomic E-state index is 13.6. The van der Waals surface area contributed by atoms with Crippen molar-refractivity contribution in [2.75, 3.05) is 11.4 Å². The van der Waals surface area contributed by atoms with Gasteiger partial charge in [-0.25, -0.2) is 0 Å². The molecule has 0 radical (unpaired) electrons. The van der Waals surface area contributed by atoms with Crippen LogP contribution in [0.15, 0.2) is 54.6 Å². The molecule has 0 aromatic heterocycles. The molecule has 3 amide bonds. The van der Waals surface area contributed by atoms with E-state index in [9.17, 15) is 19.2 Å². The number of anilines is 1. The molecule has 1 saturated heterocycles. The minimum atomic E-state index is -0.701. The van der Waals surface area contributed by atoms with Crippen molar-refractivity contribution in [2.24, 2.45) is 23.5 Å². The van der Waals surface area contributed by atoms with Crippen molar-refractivity contribution in [3.63, 3.8) is 0 Å². The number of nitrogens with two attached hydrogens (primary N) is 1. The average Bonchev–Trinajstić information content (AvgIpc) is 3.07. The third-order valence-electron chi connectivity index (χ3n) is 6.97. The summed E-state index contributed by atoms with van der Waals surface area (Å²) in [4.78, 5) is 53.9. The summed E-state index contributed by atoms with van der Waals surface area (Å²) in [6.45, 7) is 6.48. The molecular weight excluding hydrogens is 466 g/mol. The maximum Gasteiger partial charge on any atom is 0.249 e. The standard InChI is InChI=1S/C30H39N3O4/c1-4-11-24(28(31)35)25(18-20(2)3)29(36)32-26-16-8-9-17-33(30(26)37)23-15-10-14-22(19-23)27(34)21-12-6-5-7-13-21/h5-7,10,12-15,19-20,24-26H,4,8-9,11,16-18H2,1-3H3,(H2,31,35)(H,32,36)/t24-,25+,26-/m0/s1. The van der Waals surface area contributed by atoms with E-state index in [1.54, 1.807) is 35.2 Å². The van der Waals surface area contributed by atoms with Gasteiger partial charge in [-0.05, 0) is 50.2 Å². The first-order valence-corrected chi connectivity index (χ1v) is 13.3. The summed E-state index contributed by atoms with van der Waals surface area (Å²) >= 11 is 0. The Morgan fingerprint density at radius 2 is 1.70 bits per heavy atom. The minimum Gasteiger partial charge on any atom is -0.369 e. The highest BCUT2D eigenvalue weighted by atomic mass is 16.2. The van der Waals surface area contributed by atoms with Gasteiger partial charge in [0.15, 0.2) is 5.78 Å². The lowest BCUT2D eigenvalue weighted by Crippen LogP contribution is -2.51. The molecule has 3 N–H and O–H groups in total. The normalized spacial score (nSPS) is 17.7. The number of carbonyl (C=O) groups is 4. The van der Waals surface area contributed by atoms with E-state index in [-0.39, 0.29) is 23.5 Å². The number of carbonyl (C=O) groups excluding carboxylic acids is 4. The van der Waals surface area contributed by atoms with Gasteiger partial charge in [-0.15, -0.1) is 0 Å². The van der Waals surface area contributed by atoms with E-state index in [4.69, 9.17) is 5.73 Å². The molecule has 3 atom stereocenters. The number of rotatable bonds is 11. The van der Waals surface area contributed by atoms with Gasteiger partial charge >= 0.3 is 0 Å². The zero-order valence-electron chi connectivity index (χ0n) is 22.1. The summed E-state index contributed by atoms with van der Waals surface area (Å²) in [6.07, 6.45) is 3.88. The van der Waals surface area contributed by atoms with E-state index in [2.05, 4.69) is 5.32 Å². The van der Waals surface area contributed by atoms with Crippen molar-refractivity contribution in [1.82, 2.24) is 5.32 Å². The third kappa shape index (κ3) is 7.28. The second-order valence-electron chi connectivity index (χ2n) is 10.3. The Bertz CT molecular complexity index is 1100. The van der Waals surface area contributed by atoms with Crippen LogP contribution >= 0.6 is 0 Å². The molecule has 1 aliphatic heterocycles. The number of benzene rings is 2. The number of primary amides is 1. The van der Waals surface area contributed by atoms with Gasteiger partial charge in [-0.2, -0.15) is 0 Å². The lowest BCUT2D eigenvalue weighted by molar-refractivity contribution is -0.136. The van der Waals surface area contributed by atoms with Crippen LogP contribution in [-0.4, -0.2) is 36.1 Å². The Morgan fingerprint density at radius 3 is 2.35 bits per heavy atom. The van der Waals surface area contributed by atoms with Gasteiger partial charge in [0.05, 0.1) is 0 Å². The molecule has 2 aromatic rings. The number of hydrogen-bond donors (Lipinski definition) is 2. The Balaban J connectivity index is 1.82. The number of nitrogens with zero attached hydrogens (tertiary/aromatic N) is 1. The average molecular weight is 506 g/mol. The summed E-state index contributed by atoms with van der Waals surface area (Å²) in [5, 5.41) is 2.97. The highest BCUT2D eigenvalue weighted by Gasteiger charge is 2.36. The first-order valence-electron chi connectivity index (χ1n) is 13.3. The van der Waals surface area contributed by atoms with Gasteiger partial charge < -0.3 is 16.0 Å². The first-order chi connectivity index (χ1) is 17.7. The zero-order chi connectivity index (χ0) is 26.9. The summed E-state index contributed by atoms with van der Waals surface area (Å²) in [7, 11) is 0. The lowest BCUT2D eigenvalue weighted by Gasteiger charge is -2.29. The summed E-state index contributed by atoms with van der Waals surface area (Å²) in [5.41, 5.74) is 7.40. The van der Waals surface area contributed by atoms with Crippen LogP contribution in [0.1, 0.15) is 75.2 Å². The lowest BCUT2D eigenvalue weighted by atomic mass is 9.81. The maximum absolute atomic E-state index is 13.6. The fraction of sp³-hybridized carbons (Fsp3) is 0.467. The monoisotopic (exact) mass is 505 g/mol. The van der Waals surface area contributed by atoms with Crippen LogP contribution in [0, 0.1) is 17.8 Å². The van der Waals surface area contributed by atoms with Crippen molar-refractivity contribution < 1.29 is 19.2 Å². The Hall–Kier alpha value is -3.48. The van der Waals surface area contributed by atoms with Gasteiger partial charge in [0.25, 0.3) is 0 Å². The third-order valence-corrected chi connectivity index (χ3v) is 6.97. The van der Waals surface area contributed by atoms with E-state index in [0.29, 0.717) is 42.6 Å². The number of amides is 3. The molecule has 0 saturated carbocycles. The van der Waals surface area contributed by atoms with Crippen LogP contribution in [0.25, 0.3) is 0 Å². The van der Waals surface area contributed by atoms with Crippen LogP contribution in [0.2, 0.25) is 0 Å². The van der Waals surface area contributed by atoms with E-state index < -0.39 is 23.8 Å². The number of ketones is 1. The van der Waals surface area contributed by atoms with Crippen LogP contribution in [-0.2, 0) is 14.4 Å². The van der Waals surface area contributed by atoms with E-state index in [1.807, 2.05) is 45.0 Å². The van der Waals surface area contributed by atoms with Gasteiger partial charge in [-0.3, -0.25) is 19.2 Å². The summed E-state index contributed by atoms with van der Waals surface area (Å²) in [5.74, 6) is -2.03. The minimum absolute atomic E-state index is 0.112. The first kappa shape index (κ1) is 28.1. The SMILES string of the molecule is CCC[C@H](C(N)=O)[C@@H](CC(C)C)C(=O)N[C@H]1CCCCN(c2cccc(C(=O)c3ccccc3)c2)C1=O. The molecular formula is C30H39N3O4. The molecule has 198 valence electrons. The van der Waals surface area contributed by atoms with Crippen molar-refractivity contribution >= 4 is 29.2 Å². The van der Waals surface area contributed by atoms with Gasteiger partial charge in [0.1, 0.15) is 6.04 Å². The highest BCUT2D eigenvalue weighted by Crippen LogP contribution is 2.27. The molecule has 0 unspecified atom stereocenters. The van der Waals surface area contributed by atoms with Crippen molar-refractivity contribution in [3.8, 4) is 0 Å². The molecule has 0 spiro atoms. The van der Waals surface area contributed by atoms with Crippen LogP contribution in [0.3, 0.4) is 0 Å².